The summed E-state index contributed by atoms with van der Waals surface area (Å²) in [5, 5.41) is 2.77. The van der Waals surface area contributed by atoms with Gasteiger partial charge < -0.3 is 19.5 Å². The van der Waals surface area contributed by atoms with Crippen LogP contribution in [0.5, 0.6) is 11.5 Å². The summed E-state index contributed by atoms with van der Waals surface area (Å²) in [7, 11) is -4.05. The number of nitrogens with one attached hydrogen (secondary N) is 2. The van der Waals surface area contributed by atoms with Gasteiger partial charge >= 0.3 is 0 Å². The SMILES string of the molecule is CCOc1cc(NC(=O)C2CCOC2)ccc1S(=O)(=O)Nc1cccc(OC(C)(F)I)c1. The average Bonchev–Trinajstić information content (AvgIpc) is 3.22. The van der Waals surface area contributed by atoms with E-state index in [2.05, 4.69) is 10.0 Å². The zero-order chi connectivity index (χ0) is 23.4. The zero-order valence-corrected chi connectivity index (χ0v) is 20.5. The molecule has 2 atom stereocenters. The molecule has 3 rings (SSSR count). The highest BCUT2D eigenvalue weighted by Crippen LogP contribution is 2.32. The van der Waals surface area contributed by atoms with Crippen LogP contribution < -0.4 is 19.5 Å². The maximum Gasteiger partial charge on any atom is 0.295 e. The number of halogens is 2. The summed E-state index contributed by atoms with van der Waals surface area (Å²) in [6.45, 7) is 4.09. The van der Waals surface area contributed by atoms with Crippen LogP contribution in [0.15, 0.2) is 47.4 Å². The van der Waals surface area contributed by atoms with Crippen LogP contribution >= 0.6 is 22.6 Å². The minimum absolute atomic E-state index is 0.0940. The molecule has 8 nitrogen and oxygen atoms in total. The van der Waals surface area contributed by atoms with Crippen molar-refractivity contribution in [1.82, 2.24) is 0 Å². The highest BCUT2D eigenvalue weighted by Gasteiger charge is 2.25. The molecule has 0 radical (unpaired) electrons. The van der Waals surface area contributed by atoms with Crippen LogP contribution in [0, 0.1) is 5.92 Å². The molecule has 2 aromatic carbocycles. The number of anilines is 2. The lowest BCUT2D eigenvalue weighted by Gasteiger charge is -2.17. The highest BCUT2D eigenvalue weighted by molar-refractivity contribution is 14.1. The number of hydrogen-bond acceptors (Lipinski definition) is 6. The van der Waals surface area contributed by atoms with E-state index in [0.717, 1.165) is 0 Å². The molecule has 0 saturated carbocycles. The average molecular weight is 578 g/mol. The van der Waals surface area contributed by atoms with Crippen molar-refractivity contribution in [3.63, 3.8) is 0 Å². The maximum absolute atomic E-state index is 13.7. The molecule has 0 bridgehead atoms. The number of ether oxygens (including phenoxy) is 3. The van der Waals surface area contributed by atoms with Gasteiger partial charge in [-0.3, -0.25) is 9.52 Å². The molecular weight excluding hydrogens is 554 g/mol. The molecule has 1 amide bonds. The van der Waals surface area contributed by atoms with Crippen LogP contribution in [0.3, 0.4) is 0 Å². The van der Waals surface area contributed by atoms with Gasteiger partial charge in [-0.25, -0.2) is 8.42 Å². The Bertz CT molecular complexity index is 1070. The molecule has 0 spiro atoms. The first-order chi connectivity index (χ1) is 15.1. The van der Waals surface area contributed by atoms with E-state index in [1.807, 2.05) is 0 Å². The quantitative estimate of drug-likeness (QED) is 0.340. The zero-order valence-electron chi connectivity index (χ0n) is 17.6. The van der Waals surface area contributed by atoms with E-state index in [4.69, 9.17) is 14.2 Å². The Hall–Kier alpha value is -2.12. The summed E-state index contributed by atoms with van der Waals surface area (Å²) in [6.07, 6.45) is 0.641. The van der Waals surface area contributed by atoms with Crippen molar-refractivity contribution in [1.29, 1.82) is 0 Å². The van der Waals surface area contributed by atoms with E-state index < -0.39 is 13.9 Å². The lowest BCUT2D eigenvalue weighted by Crippen LogP contribution is -2.23. The third-order valence-electron chi connectivity index (χ3n) is 4.48. The Kier molecular flexibility index (Phi) is 7.83. The molecular formula is C21H24FIN2O6S. The number of hydrogen-bond donors (Lipinski definition) is 2. The van der Waals surface area contributed by atoms with Gasteiger partial charge in [0.2, 0.25) is 5.91 Å². The molecule has 174 valence electrons. The number of sulfonamides is 1. The Morgan fingerprint density at radius 1 is 1.28 bits per heavy atom. The first-order valence-corrected chi connectivity index (χ1v) is 12.5. The molecule has 32 heavy (non-hydrogen) atoms. The Balaban J connectivity index is 1.82. The molecule has 2 N–H and O–H groups in total. The van der Waals surface area contributed by atoms with Crippen molar-refractivity contribution in [2.45, 2.75) is 29.0 Å². The van der Waals surface area contributed by atoms with E-state index >= 15 is 0 Å². The lowest BCUT2D eigenvalue weighted by molar-refractivity contribution is -0.119. The van der Waals surface area contributed by atoms with Gasteiger partial charge in [-0.15, -0.1) is 0 Å². The van der Waals surface area contributed by atoms with Crippen LogP contribution in [-0.2, 0) is 19.6 Å². The molecule has 2 aromatic rings. The predicted octanol–water partition coefficient (Wildman–Crippen LogP) is 4.32. The fraction of sp³-hybridized carbons (Fsp3) is 0.381. The number of benzene rings is 2. The van der Waals surface area contributed by atoms with Crippen LogP contribution in [0.1, 0.15) is 20.3 Å². The molecule has 1 saturated heterocycles. The predicted molar refractivity (Wildman–Crippen MR) is 127 cm³/mol. The first-order valence-electron chi connectivity index (χ1n) is 9.92. The van der Waals surface area contributed by atoms with Gasteiger partial charge in [0.05, 0.1) is 24.8 Å². The number of alkyl halides is 2. The fourth-order valence-corrected chi connectivity index (χ4v) is 4.53. The van der Waals surface area contributed by atoms with Crippen molar-refractivity contribution in [3.05, 3.63) is 42.5 Å². The lowest BCUT2D eigenvalue weighted by atomic mass is 10.1. The van der Waals surface area contributed by atoms with E-state index in [1.165, 1.54) is 65.9 Å². The summed E-state index contributed by atoms with van der Waals surface area (Å²) in [4.78, 5) is 12.2. The second kappa shape index (κ2) is 10.2. The Morgan fingerprint density at radius 3 is 2.72 bits per heavy atom. The summed E-state index contributed by atoms with van der Waals surface area (Å²) in [6, 6.07) is 10.3. The van der Waals surface area contributed by atoms with Crippen LogP contribution in [0.2, 0.25) is 0 Å². The Labute approximate surface area is 200 Å². The van der Waals surface area contributed by atoms with Gasteiger partial charge in [0.1, 0.15) is 16.4 Å². The first kappa shape index (κ1) is 24.5. The van der Waals surface area contributed by atoms with Crippen molar-refractivity contribution in [3.8, 4) is 11.5 Å². The smallest absolute Gasteiger partial charge is 0.295 e. The molecule has 1 heterocycles. The van der Waals surface area contributed by atoms with E-state index in [9.17, 15) is 17.6 Å². The summed E-state index contributed by atoms with van der Waals surface area (Å²) in [5.41, 5.74) is 0.619. The fourth-order valence-electron chi connectivity index (χ4n) is 3.10. The van der Waals surface area contributed by atoms with Gasteiger partial charge in [-0.1, -0.05) is 6.07 Å². The molecule has 0 aromatic heterocycles. The largest absolute Gasteiger partial charge is 0.492 e. The second-order valence-electron chi connectivity index (χ2n) is 7.19. The molecule has 2 unspecified atom stereocenters. The van der Waals surface area contributed by atoms with Crippen molar-refractivity contribution >= 4 is 49.9 Å². The van der Waals surface area contributed by atoms with Gasteiger partial charge in [0.25, 0.3) is 13.9 Å². The van der Waals surface area contributed by atoms with Gasteiger partial charge in [0, 0.05) is 53.9 Å². The maximum atomic E-state index is 13.7. The van der Waals surface area contributed by atoms with Crippen molar-refractivity contribution in [2.24, 2.45) is 5.92 Å². The summed E-state index contributed by atoms with van der Waals surface area (Å²) < 4.78 is 56.2. The van der Waals surface area contributed by atoms with E-state index in [-0.39, 0.29) is 40.5 Å². The molecule has 1 aliphatic rings. The van der Waals surface area contributed by atoms with Crippen LogP contribution in [0.25, 0.3) is 0 Å². The number of carbonyl (C=O) groups is 1. The van der Waals surface area contributed by atoms with Gasteiger partial charge in [-0.05, 0) is 37.6 Å². The second-order valence-corrected chi connectivity index (χ2v) is 10.8. The number of carbonyl (C=O) groups excluding carboxylic acids is 1. The minimum atomic E-state index is -4.05. The topological polar surface area (TPSA) is 103 Å². The third-order valence-corrected chi connectivity index (χ3v) is 6.13. The molecule has 11 heteroatoms. The standard InChI is InChI=1S/C21H24FIN2O6S/c1-3-30-18-12-15(24-20(26)14-9-10-29-13-14)7-8-19(18)32(27,28)25-16-5-4-6-17(11-16)31-21(2,22)23/h4-8,11-12,14,25H,3,9-10,13H2,1-2H3,(H,24,26). The van der Waals surface area contributed by atoms with Crippen LogP contribution in [-0.4, -0.2) is 38.0 Å². The van der Waals surface area contributed by atoms with Crippen LogP contribution in [0.4, 0.5) is 15.8 Å². The highest BCUT2D eigenvalue weighted by atomic mass is 127. The minimum Gasteiger partial charge on any atom is -0.492 e. The Morgan fingerprint density at radius 2 is 2.06 bits per heavy atom. The van der Waals surface area contributed by atoms with E-state index in [0.29, 0.717) is 25.3 Å². The summed E-state index contributed by atoms with van der Waals surface area (Å²) >= 11 is 1.49. The van der Waals surface area contributed by atoms with Crippen molar-refractivity contribution in [2.75, 3.05) is 29.9 Å². The number of amides is 1. The van der Waals surface area contributed by atoms with E-state index in [1.54, 1.807) is 13.0 Å². The third kappa shape index (κ3) is 6.69. The van der Waals surface area contributed by atoms with Gasteiger partial charge in [-0.2, -0.15) is 4.39 Å². The normalized spacial score (nSPS) is 17.9. The molecule has 1 aliphatic heterocycles. The molecule has 1 fully saturated rings. The molecule has 0 aliphatic carbocycles. The monoisotopic (exact) mass is 578 g/mol. The number of rotatable bonds is 9. The van der Waals surface area contributed by atoms with Gasteiger partial charge in [0.15, 0.2) is 0 Å². The van der Waals surface area contributed by atoms with Crippen molar-refractivity contribution < 1.29 is 31.8 Å². The summed E-state index contributed by atoms with van der Waals surface area (Å²) in [5.74, 6) is -0.162.